The molecule has 3 aromatic rings. The number of carbonyl (C=O) groups excluding carboxylic acids is 2. The van der Waals surface area contributed by atoms with Crippen LogP contribution in [0, 0.1) is 6.92 Å². The third-order valence-corrected chi connectivity index (χ3v) is 6.36. The lowest BCUT2D eigenvalue weighted by molar-refractivity contribution is 0.0198. The highest BCUT2D eigenvalue weighted by Gasteiger charge is 2.28. The number of hydrogen-bond donors (Lipinski definition) is 1. The van der Waals surface area contributed by atoms with E-state index in [1.165, 1.54) is 16.6 Å². The maximum absolute atomic E-state index is 12.7. The van der Waals surface area contributed by atoms with Crippen LogP contribution in [-0.2, 0) is 11.3 Å². The van der Waals surface area contributed by atoms with Crippen LogP contribution < -0.4 is 5.32 Å². The summed E-state index contributed by atoms with van der Waals surface area (Å²) in [6.45, 7) is 10.4. The first-order chi connectivity index (χ1) is 16.2. The topological polar surface area (TPSA) is 63.6 Å². The number of aromatic nitrogens is 1. The first-order valence-corrected chi connectivity index (χ1v) is 12.1. The van der Waals surface area contributed by atoms with Gasteiger partial charge in [0.25, 0.3) is 5.91 Å². The van der Waals surface area contributed by atoms with E-state index in [0.29, 0.717) is 18.7 Å². The zero-order valence-corrected chi connectivity index (χ0v) is 20.6. The smallest absolute Gasteiger partial charge is 0.410 e. The fourth-order valence-electron chi connectivity index (χ4n) is 4.68. The molecule has 1 saturated heterocycles. The second-order valence-corrected chi connectivity index (χ2v) is 10.1. The van der Waals surface area contributed by atoms with E-state index in [2.05, 4.69) is 35.0 Å². The Kier molecular flexibility index (Phi) is 6.96. The number of ether oxygens (including phenoxy) is 1. The van der Waals surface area contributed by atoms with Crippen molar-refractivity contribution in [3.05, 3.63) is 71.4 Å². The van der Waals surface area contributed by atoms with Crippen LogP contribution in [0.5, 0.6) is 0 Å². The van der Waals surface area contributed by atoms with Crippen molar-refractivity contribution >= 4 is 22.9 Å². The molecule has 0 spiro atoms. The van der Waals surface area contributed by atoms with Crippen LogP contribution in [0.2, 0.25) is 0 Å². The van der Waals surface area contributed by atoms with Gasteiger partial charge in [-0.1, -0.05) is 30.3 Å². The number of fused-ring (bicyclic) bond motifs is 1. The second kappa shape index (κ2) is 9.92. The molecular weight excluding hydrogens is 426 g/mol. The van der Waals surface area contributed by atoms with Gasteiger partial charge in [0.2, 0.25) is 0 Å². The molecule has 34 heavy (non-hydrogen) atoms. The molecule has 2 heterocycles. The van der Waals surface area contributed by atoms with Crippen LogP contribution in [0.4, 0.5) is 4.79 Å². The highest BCUT2D eigenvalue weighted by atomic mass is 16.6. The van der Waals surface area contributed by atoms with E-state index in [4.69, 9.17) is 4.74 Å². The number of piperidine rings is 1. The van der Waals surface area contributed by atoms with E-state index in [-0.39, 0.29) is 17.9 Å². The largest absolute Gasteiger partial charge is 0.444 e. The lowest BCUT2D eigenvalue weighted by atomic mass is 9.90. The van der Waals surface area contributed by atoms with Gasteiger partial charge < -0.3 is 19.5 Å². The average Bonchev–Trinajstić information content (AvgIpc) is 3.13. The van der Waals surface area contributed by atoms with Crippen LogP contribution in [0.25, 0.3) is 10.9 Å². The molecule has 6 heteroatoms. The molecule has 1 atom stereocenters. The van der Waals surface area contributed by atoms with Crippen LogP contribution in [0.15, 0.2) is 54.6 Å². The molecule has 6 nitrogen and oxygen atoms in total. The number of aryl methyl sites for hydroxylation is 1. The maximum Gasteiger partial charge on any atom is 0.410 e. The van der Waals surface area contributed by atoms with Crippen LogP contribution in [0.3, 0.4) is 0 Å². The first kappa shape index (κ1) is 23.9. The summed E-state index contributed by atoms with van der Waals surface area (Å²) in [4.78, 5) is 27.0. The third-order valence-electron chi connectivity index (χ3n) is 6.36. The zero-order valence-electron chi connectivity index (χ0n) is 20.6. The number of likely N-dealkylation sites (tertiary alicyclic amines) is 1. The van der Waals surface area contributed by atoms with Crippen LogP contribution in [-0.4, -0.2) is 46.7 Å². The first-order valence-electron chi connectivity index (χ1n) is 12.1. The number of carbonyl (C=O) groups is 2. The Balaban J connectivity index is 1.32. The summed E-state index contributed by atoms with van der Waals surface area (Å²) in [5.41, 5.74) is 3.68. The normalized spacial score (nSPS) is 16.5. The number of para-hydroxylation sites is 1. The molecule has 0 aliphatic carbocycles. The Morgan fingerprint density at radius 1 is 1.09 bits per heavy atom. The van der Waals surface area contributed by atoms with Gasteiger partial charge in [0, 0.05) is 48.9 Å². The molecule has 0 radical (unpaired) electrons. The fourth-order valence-corrected chi connectivity index (χ4v) is 4.68. The number of nitrogens with one attached hydrogen (secondary N) is 1. The Morgan fingerprint density at radius 3 is 2.56 bits per heavy atom. The van der Waals surface area contributed by atoms with Crippen molar-refractivity contribution in [2.45, 2.75) is 58.6 Å². The minimum absolute atomic E-state index is 0.0697. The van der Waals surface area contributed by atoms with Gasteiger partial charge in [0.05, 0.1) is 0 Å². The highest BCUT2D eigenvalue weighted by Crippen LogP contribution is 2.28. The van der Waals surface area contributed by atoms with E-state index >= 15 is 0 Å². The minimum atomic E-state index is -0.494. The van der Waals surface area contributed by atoms with E-state index in [0.717, 1.165) is 31.5 Å². The Hall–Kier alpha value is -3.28. The Bertz CT molecular complexity index is 1160. The highest BCUT2D eigenvalue weighted by molar-refractivity contribution is 5.94. The lowest BCUT2D eigenvalue weighted by Gasteiger charge is -2.34. The molecule has 1 unspecified atom stereocenters. The van der Waals surface area contributed by atoms with Crippen LogP contribution >= 0.6 is 0 Å². The summed E-state index contributed by atoms with van der Waals surface area (Å²) in [7, 11) is 0. The molecule has 1 aliphatic heterocycles. The summed E-state index contributed by atoms with van der Waals surface area (Å²) >= 11 is 0. The van der Waals surface area contributed by atoms with Gasteiger partial charge >= 0.3 is 6.09 Å². The lowest BCUT2D eigenvalue weighted by Crippen LogP contribution is -2.42. The predicted molar refractivity (Wildman–Crippen MR) is 135 cm³/mol. The molecule has 4 rings (SSSR count). The number of amides is 2. The molecule has 1 N–H and O–H groups in total. The monoisotopic (exact) mass is 461 g/mol. The van der Waals surface area contributed by atoms with Gasteiger partial charge in [0.15, 0.2) is 0 Å². The molecule has 1 aromatic heterocycles. The van der Waals surface area contributed by atoms with Crippen molar-refractivity contribution in [1.82, 2.24) is 14.8 Å². The van der Waals surface area contributed by atoms with Gasteiger partial charge in [-0.05, 0) is 75.8 Å². The van der Waals surface area contributed by atoms with Gasteiger partial charge in [0.1, 0.15) is 5.60 Å². The quantitative estimate of drug-likeness (QED) is 0.546. The van der Waals surface area contributed by atoms with Gasteiger partial charge in [-0.3, -0.25) is 4.79 Å². The van der Waals surface area contributed by atoms with E-state index < -0.39 is 5.60 Å². The van der Waals surface area contributed by atoms with Gasteiger partial charge in [-0.25, -0.2) is 4.79 Å². The predicted octanol–water partition coefficient (Wildman–Crippen LogP) is 5.49. The third kappa shape index (κ3) is 5.61. The SMILES string of the molecule is Cc1cc2ccccc2n1CCNC(=O)c1ccc(C2CCCN(C(=O)OC(C)(C)C)C2)cc1. The van der Waals surface area contributed by atoms with Crippen molar-refractivity contribution in [1.29, 1.82) is 0 Å². The standard InChI is InChI=1S/C28H35N3O3/c1-20-18-23-8-5-6-10-25(23)31(20)17-15-29-26(32)22-13-11-21(12-14-22)24-9-7-16-30(19-24)27(33)34-28(2,3)4/h5-6,8,10-14,18,24H,7,9,15-17,19H2,1-4H3,(H,29,32). The maximum atomic E-state index is 12.7. The average molecular weight is 462 g/mol. The van der Waals surface area contributed by atoms with E-state index in [1.807, 2.05) is 57.2 Å². The molecule has 180 valence electrons. The number of benzene rings is 2. The minimum Gasteiger partial charge on any atom is -0.444 e. The van der Waals surface area contributed by atoms with Crippen molar-refractivity contribution in [3.63, 3.8) is 0 Å². The van der Waals surface area contributed by atoms with Crippen LogP contribution in [0.1, 0.15) is 61.1 Å². The van der Waals surface area contributed by atoms with Crippen molar-refractivity contribution < 1.29 is 14.3 Å². The number of rotatable bonds is 5. The molecular formula is C28H35N3O3. The molecule has 2 aromatic carbocycles. The van der Waals surface area contributed by atoms with Gasteiger partial charge in [-0.15, -0.1) is 0 Å². The summed E-state index contributed by atoms with van der Waals surface area (Å²) in [6, 6.07) is 18.3. The van der Waals surface area contributed by atoms with E-state index in [9.17, 15) is 9.59 Å². The fraction of sp³-hybridized carbons (Fsp3) is 0.429. The van der Waals surface area contributed by atoms with Crippen molar-refractivity contribution in [2.24, 2.45) is 0 Å². The molecule has 0 bridgehead atoms. The van der Waals surface area contributed by atoms with Gasteiger partial charge in [-0.2, -0.15) is 0 Å². The summed E-state index contributed by atoms with van der Waals surface area (Å²) in [5, 5.41) is 4.26. The number of nitrogens with zero attached hydrogens (tertiary/aromatic N) is 2. The molecule has 2 amide bonds. The Labute approximate surface area is 201 Å². The zero-order chi connectivity index (χ0) is 24.3. The van der Waals surface area contributed by atoms with Crippen molar-refractivity contribution in [2.75, 3.05) is 19.6 Å². The number of hydrogen-bond acceptors (Lipinski definition) is 3. The summed E-state index contributed by atoms with van der Waals surface area (Å²) in [6.07, 6.45) is 1.72. The molecule has 1 aliphatic rings. The van der Waals surface area contributed by atoms with E-state index in [1.54, 1.807) is 4.90 Å². The summed E-state index contributed by atoms with van der Waals surface area (Å²) in [5.74, 6) is 0.183. The Morgan fingerprint density at radius 2 is 1.82 bits per heavy atom. The molecule has 1 fully saturated rings. The molecule has 0 saturated carbocycles. The second-order valence-electron chi connectivity index (χ2n) is 10.1. The van der Waals surface area contributed by atoms with Crippen molar-refractivity contribution in [3.8, 4) is 0 Å². The summed E-state index contributed by atoms with van der Waals surface area (Å²) < 4.78 is 7.77.